The molecule has 0 aromatic carbocycles. The van der Waals surface area contributed by atoms with Gasteiger partial charge in [-0.3, -0.25) is 4.79 Å². The van der Waals surface area contributed by atoms with Crippen molar-refractivity contribution < 1.29 is 9.53 Å². The van der Waals surface area contributed by atoms with Crippen molar-refractivity contribution in [3.63, 3.8) is 0 Å². The Kier molecular flexibility index (Phi) is 5.27. The molecule has 1 fully saturated rings. The molecule has 2 aromatic heterocycles. The van der Waals surface area contributed by atoms with Crippen LogP contribution in [0.15, 0.2) is 17.5 Å². The van der Waals surface area contributed by atoms with E-state index in [1.54, 1.807) is 11.3 Å². The first kappa shape index (κ1) is 18.2. The molecular formula is C19H25N5O2S. The largest absolute Gasteiger partial charge is 0.378 e. The van der Waals surface area contributed by atoms with E-state index in [1.165, 1.54) is 0 Å². The summed E-state index contributed by atoms with van der Waals surface area (Å²) >= 11 is 1.63. The van der Waals surface area contributed by atoms with Gasteiger partial charge in [-0.25, -0.2) is 4.98 Å². The zero-order chi connectivity index (χ0) is 18.8. The molecule has 0 bridgehead atoms. The third-order valence-electron chi connectivity index (χ3n) is 5.00. The number of carbonyl (C=O) groups is 1. The van der Waals surface area contributed by atoms with Crippen LogP contribution in [0.25, 0.3) is 0 Å². The fourth-order valence-corrected chi connectivity index (χ4v) is 4.24. The molecule has 27 heavy (non-hydrogen) atoms. The maximum Gasteiger partial charge on any atom is 0.228 e. The van der Waals surface area contributed by atoms with E-state index in [2.05, 4.69) is 4.90 Å². The second-order valence-corrected chi connectivity index (χ2v) is 8.12. The van der Waals surface area contributed by atoms with Crippen LogP contribution < -0.4 is 9.80 Å². The van der Waals surface area contributed by atoms with Gasteiger partial charge in [0.15, 0.2) is 0 Å². The molecule has 2 aliphatic rings. The van der Waals surface area contributed by atoms with E-state index >= 15 is 0 Å². The lowest BCUT2D eigenvalue weighted by Gasteiger charge is -2.33. The monoisotopic (exact) mass is 387 g/mol. The van der Waals surface area contributed by atoms with Gasteiger partial charge in [0, 0.05) is 50.6 Å². The topological polar surface area (TPSA) is 61.8 Å². The van der Waals surface area contributed by atoms with Crippen LogP contribution in [-0.4, -0.2) is 67.7 Å². The molecule has 2 aromatic rings. The first-order valence-corrected chi connectivity index (χ1v) is 10.2. The molecule has 8 heteroatoms. The Morgan fingerprint density at radius 1 is 1.26 bits per heavy atom. The van der Waals surface area contributed by atoms with Crippen molar-refractivity contribution in [2.45, 2.75) is 19.4 Å². The van der Waals surface area contributed by atoms with Gasteiger partial charge < -0.3 is 19.4 Å². The third-order valence-corrected chi connectivity index (χ3v) is 5.88. The molecule has 0 N–H and O–H groups in total. The van der Waals surface area contributed by atoms with Crippen LogP contribution in [0.4, 0.5) is 11.8 Å². The second-order valence-electron chi connectivity index (χ2n) is 7.09. The van der Waals surface area contributed by atoms with Gasteiger partial charge in [0.2, 0.25) is 11.9 Å². The molecule has 0 saturated carbocycles. The Balaban J connectivity index is 1.57. The van der Waals surface area contributed by atoms with Crippen LogP contribution in [0.3, 0.4) is 0 Å². The molecule has 7 nitrogen and oxygen atoms in total. The van der Waals surface area contributed by atoms with Crippen LogP contribution in [0.2, 0.25) is 0 Å². The van der Waals surface area contributed by atoms with Gasteiger partial charge in [0.1, 0.15) is 5.82 Å². The molecule has 0 spiro atoms. The Hall–Kier alpha value is -2.19. The fraction of sp³-hybridized carbons (Fsp3) is 0.526. The molecule has 0 unspecified atom stereocenters. The molecule has 0 radical (unpaired) electrons. The van der Waals surface area contributed by atoms with Crippen LogP contribution in [0.5, 0.6) is 0 Å². The summed E-state index contributed by atoms with van der Waals surface area (Å²) < 4.78 is 5.44. The third kappa shape index (κ3) is 3.91. The normalized spacial score (nSPS) is 17.0. The molecule has 144 valence electrons. The van der Waals surface area contributed by atoms with Gasteiger partial charge in [0.05, 0.1) is 31.9 Å². The first-order chi connectivity index (χ1) is 13.1. The number of hydrogen-bond donors (Lipinski definition) is 0. The molecule has 1 amide bonds. The summed E-state index contributed by atoms with van der Waals surface area (Å²) in [5.74, 6) is 1.86. The van der Waals surface area contributed by atoms with Crippen molar-refractivity contribution >= 4 is 29.0 Å². The smallest absolute Gasteiger partial charge is 0.228 e. The number of morpholine rings is 1. The van der Waals surface area contributed by atoms with Crippen molar-refractivity contribution in [3.05, 3.63) is 33.6 Å². The summed E-state index contributed by atoms with van der Waals surface area (Å²) in [6.45, 7) is 4.35. The number of nitrogens with zero attached hydrogens (tertiary/aromatic N) is 5. The average molecular weight is 388 g/mol. The zero-order valence-electron chi connectivity index (χ0n) is 15.8. The Morgan fingerprint density at radius 2 is 2.07 bits per heavy atom. The van der Waals surface area contributed by atoms with Crippen molar-refractivity contribution in [1.82, 2.24) is 14.9 Å². The highest BCUT2D eigenvalue weighted by molar-refractivity contribution is 7.10. The van der Waals surface area contributed by atoms with Crippen LogP contribution in [0, 0.1) is 0 Å². The molecule has 4 rings (SSSR count). The highest BCUT2D eigenvalue weighted by Gasteiger charge is 2.27. The van der Waals surface area contributed by atoms with Gasteiger partial charge in [-0.05, 0) is 11.4 Å². The van der Waals surface area contributed by atoms with Gasteiger partial charge >= 0.3 is 0 Å². The summed E-state index contributed by atoms with van der Waals surface area (Å²) in [7, 11) is 4.00. The minimum Gasteiger partial charge on any atom is -0.378 e. The highest BCUT2D eigenvalue weighted by atomic mass is 32.1. The van der Waals surface area contributed by atoms with Crippen molar-refractivity contribution in [3.8, 4) is 0 Å². The number of fused-ring (bicyclic) bond motifs is 1. The van der Waals surface area contributed by atoms with Crippen LogP contribution in [-0.2, 0) is 28.9 Å². The van der Waals surface area contributed by atoms with Crippen LogP contribution >= 0.6 is 11.3 Å². The Bertz CT molecular complexity index is 803. The number of anilines is 2. The lowest BCUT2D eigenvalue weighted by atomic mass is 10.1. The van der Waals surface area contributed by atoms with E-state index in [-0.39, 0.29) is 5.91 Å². The SMILES string of the molecule is CN(C)c1nc(N2CCOCC2)nc2c1CN(C(=O)Cc1cccs1)CC2. The second kappa shape index (κ2) is 7.82. The number of ether oxygens (including phenoxy) is 1. The van der Waals surface area contributed by atoms with E-state index < -0.39 is 0 Å². The number of hydrogen-bond acceptors (Lipinski definition) is 7. The molecule has 0 aliphatic carbocycles. The molecule has 4 heterocycles. The van der Waals surface area contributed by atoms with Gasteiger partial charge in [0.25, 0.3) is 0 Å². The number of thiophene rings is 1. The molecule has 2 aliphatic heterocycles. The zero-order valence-corrected chi connectivity index (χ0v) is 16.7. The predicted octanol–water partition coefficient (Wildman–Crippen LogP) is 1.57. The predicted molar refractivity (Wildman–Crippen MR) is 107 cm³/mol. The molecular weight excluding hydrogens is 362 g/mol. The van der Waals surface area contributed by atoms with Crippen molar-refractivity contribution in [2.75, 3.05) is 56.7 Å². The standard InChI is InChI=1S/C19H25N5O2S/c1-22(2)18-15-13-24(17(25)12-14-4-3-11-27-14)6-5-16(15)20-19(21-18)23-7-9-26-10-8-23/h3-4,11H,5-10,12-13H2,1-2H3. The van der Waals surface area contributed by atoms with Crippen molar-refractivity contribution in [1.29, 1.82) is 0 Å². The summed E-state index contributed by atoms with van der Waals surface area (Å²) in [5, 5.41) is 2.01. The van der Waals surface area contributed by atoms with E-state index in [4.69, 9.17) is 14.7 Å². The maximum absolute atomic E-state index is 12.7. The summed E-state index contributed by atoms with van der Waals surface area (Å²) in [6.07, 6.45) is 1.24. The number of rotatable bonds is 4. The van der Waals surface area contributed by atoms with E-state index in [9.17, 15) is 4.79 Å². The lowest BCUT2D eigenvalue weighted by Crippen LogP contribution is -2.40. The fourth-order valence-electron chi connectivity index (χ4n) is 3.55. The quantitative estimate of drug-likeness (QED) is 0.794. The van der Waals surface area contributed by atoms with Gasteiger partial charge in [-0.15, -0.1) is 11.3 Å². The average Bonchev–Trinajstić information content (AvgIpc) is 3.20. The maximum atomic E-state index is 12.7. The number of aromatic nitrogens is 2. The summed E-state index contributed by atoms with van der Waals surface area (Å²) in [5.41, 5.74) is 2.14. The van der Waals surface area contributed by atoms with E-state index in [1.807, 2.05) is 41.4 Å². The van der Waals surface area contributed by atoms with Crippen molar-refractivity contribution in [2.24, 2.45) is 0 Å². The minimum absolute atomic E-state index is 0.171. The summed E-state index contributed by atoms with van der Waals surface area (Å²) in [6, 6.07) is 4.01. The minimum atomic E-state index is 0.171. The number of carbonyl (C=O) groups excluding carboxylic acids is 1. The molecule has 1 saturated heterocycles. The van der Waals surface area contributed by atoms with Gasteiger partial charge in [-0.1, -0.05) is 6.07 Å². The Morgan fingerprint density at radius 3 is 2.78 bits per heavy atom. The number of amides is 1. The van der Waals surface area contributed by atoms with E-state index in [0.717, 1.165) is 47.4 Å². The summed E-state index contributed by atoms with van der Waals surface area (Å²) in [4.78, 5) is 29.7. The van der Waals surface area contributed by atoms with Gasteiger partial charge in [-0.2, -0.15) is 4.98 Å². The first-order valence-electron chi connectivity index (χ1n) is 9.32. The molecule has 0 atom stereocenters. The lowest BCUT2D eigenvalue weighted by molar-refractivity contribution is -0.131. The van der Waals surface area contributed by atoms with E-state index in [0.29, 0.717) is 32.7 Å². The Labute approximate surface area is 163 Å². The highest BCUT2D eigenvalue weighted by Crippen LogP contribution is 2.28. The van der Waals surface area contributed by atoms with Crippen LogP contribution in [0.1, 0.15) is 16.1 Å².